The molecule has 1 aromatic carbocycles. The van der Waals surface area contributed by atoms with Gasteiger partial charge in [0.25, 0.3) is 0 Å². The molecule has 0 unspecified atom stereocenters. The average molecular weight is 323 g/mol. The van der Waals surface area contributed by atoms with Crippen LogP contribution in [0.3, 0.4) is 0 Å². The van der Waals surface area contributed by atoms with E-state index in [1.54, 1.807) is 14.2 Å². The third kappa shape index (κ3) is 3.16. The van der Waals surface area contributed by atoms with E-state index in [1.807, 2.05) is 40.3 Å². The predicted molar refractivity (Wildman–Crippen MR) is 82.6 cm³/mol. The Morgan fingerprint density at radius 3 is 2.05 bits per heavy atom. The van der Waals surface area contributed by atoms with Crippen molar-refractivity contribution in [3.8, 4) is 0 Å². The van der Waals surface area contributed by atoms with E-state index >= 15 is 0 Å². The summed E-state index contributed by atoms with van der Waals surface area (Å²) in [5.41, 5.74) is -2.33. The smallest absolute Gasteiger partial charge is 0.373 e. The number of H-pyrrole nitrogens is 2. The Balaban J connectivity index is 2.33. The third-order valence-electron chi connectivity index (χ3n) is 3.47. The monoisotopic (exact) mass is 323 g/mol. The van der Waals surface area contributed by atoms with Crippen molar-refractivity contribution in [3.05, 3.63) is 61.8 Å². The minimum absolute atomic E-state index is 0.0771. The van der Waals surface area contributed by atoms with Gasteiger partial charge < -0.3 is 8.85 Å². The van der Waals surface area contributed by atoms with E-state index in [4.69, 9.17) is 8.85 Å². The van der Waals surface area contributed by atoms with Crippen LogP contribution in [0.2, 0.25) is 6.04 Å². The molecule has 0 bridgehead atoms. The molecule has 0 radical (unpaired) electrons. The van der Waals surface area contributed by atoms with Gasteiger partial charge in [-0.25, -0.2) is 19.0 Å². The van der Waals surface area contributed by atoms with Gasteiger partial charge in [0.1, 0.15) is 0 Å². The predicted octanol–water partition coefficient (Wildman–Crippen LogP) is -1.13. The number of hydrogen-bond donors (Lipinski definition) is 2. The van der Waals surface area contributed by atoms with Crippen LogP contribution >= 0.6 is 0 Å². The Morgan fingerprint density at radius 1 is 1.00 bits per heavy atom. The summed E-state index contributed by atoms with van der Waals surface area (Å²) in [6.07, 6.45) is 0. The van der Waals surface area contributed by atoms with Gasteiger partial charge in [0.15, 0.2) is 0 Å². The largest absolute Gasteiger partial charge is 0.394 e. The van der Waals surface area contributed by atoms with Gasteiger partial charge in [-0.1, -0.05) is 30.3 Å². The summed E-state index contributed by atoms with van der Waals surface area (Å²) in [4.78, 5) is 38.5. The molecule has 0 aliphatic carbocycles. The molecule has 0 amide bonds. The minimum atomic E-state index is -2.77. The number of nitrogens with one attached hydrogen (secondary N) is 2. The van der Waals surface area contributed by atoms with Gasteiger partial charge in [0.2, 0.25) is 0 Å². The van der Waals surface area contributed by atoms with Gasteiger partial charge in [-0.3, -0.25) is 9.97 Å². The first-order valence-corrected chi connectivity index (χ1v) is 8.64. The molecular formula is C13H17N3O5Si. The van der Waals surface area contributed by atoms with Crippen molar-refractivity contribution in [3.63, 3.8) is 0 Å². The zero-order chi connectivity index (χ0) is 16.2. The molecular weight excluding hydrogens is 306 g/mol. The summed E-state index contributed by atoms with van der Waals surface area (Å²) in [7, 11) is 0.322. The summed E-state index contributed by atoms with van der Waals surface area (Å²) in [5.74, 6) is 0. The van der Waals surface area contributed by atoms with Crippen molar-refractivity contribution in [2.24, 2.45) is 0 Å². The zero-order valence-corrected chi connectivity index (χ0v) is 13.3. The van der Waals surface area contributed by atoms with Crippen molar-refractivity contribution in [1.29, 1.82) is 0 Å². The first-order chi connectivity index (χ1) is 10.5. The average Bonchev–Trinajstić information content (AvgIpc) is 2.51. The Bertz CT molecular complexity index is 757. The van der Waals surface area contributed by atoms with E-state index in [2.05, 4.69) is 0 Å². The highest BCUT2D eigenvalue weighted by Crippen LogP contribution is 2.12. The van der Waals surface area contributed by atoms with Crippen molar-refractivity contribution < 1.29 is 8.85 Å². The number of nitrogens with zero attached hydrogens (tertiary/aromatic N) is 1. The van der Waals surface area contributed by atoms with Crippen LogP contribution < -0.4 is 22.3 Å². The molecule has 0 aliphatic rings. The minimum Gasteiger partial charge on any atom is -0.394 e. The summed E-state index contributed by atoms with van der Waals surface area (Å²) < 4.78 is 12.2. The van der Waals surface area contributed by atoms with Crippen molar-refractivity contribution in [1.82, 2.24) is 14.5 Å². The molecule has 8 nitrogen and oxygen atoms in total. The molecule has 0 spiro atoms. The van der Waals surface area contributed by atoms with Gasteiger partial charge in [-0.15, -0.1) is 0 Å². The number of hydrogen-bond acceptors (Lipinski definition) is 5. The molecule has 0 atom stereocenters. The maximum absolute atomic E-state index is 11.7. The van der Waals surface area contributed by atoms with Crippen LogP contribution in [-0.4, -0.2) is 37.3 Å². The first-order valence-electron chi connectivity index (χ1n) is 6.61. The quantitative estimate of drug-likeness (QED) is 0.654. The van der Waals surface area contributed by atoms with Crippen LogP contribution in [0.15, 0.2) is 44.7 Å². The summed E-state index contributed by atoms with van der Waals surface area (Å²) in [6, 6.07) is 9.74. The van der Waals surface area contributed by atoms with Crippen molar-refractivity contribution >= 4 is 13.7 Å². The van der Waals surface area contributed by atoms with Gasteiger partial charge in [-0.05, 0) is 5.19 Å². The van der Waals surface area contributed by atoms with Crippen molar-refractivity contribution in [2.45, 2.75) is 12.6 Å². The van der Waals surface area contributed by atoms with E-state index in [1.165, 1.54) is 0 Å². The normalized spacial score (nSPS) is 11.5. The molecule has 0 saturated heterocycles. The molecule has 2 N–H and O–H groups in total. The van der Waals surface area contributed by atoms with Gasteiger partial charge >= 0.3 is 25.6 Å². The Kier molecular flexibility index (Phi) is 4.91. The van der Waals surface area contributed by atoms with Crippen LogP contribution in [0.25, 0.3) is 0 Å². The second-order valence-electron chi connectivity index (χ2n) is 4.62. The second-order valence-corrected chi connectivity index (χ2v) is 8.02. The summed E-state index contributed by atoms with van der Waals surface area (Å²) >= 11 is 0. The maximum Gasteiger partial charge on any atom is 0.373 e. The van der Waals surface area contributed by atoms with Gasteiger partial charge in [0, 0.05) is 26.8 Å². The Hall–Kier alpha value is -2.23. The van der Waals surface area contributed by atoms with Crippen LogP contribution in [0.1, 0.15) is 0 Å². The Morgan fingerprint density at radius 2 is 1.55 bits per heavy atom. The number of aromatic nitrogens is 3. The molecule has 22 heavy (non-hydrogen) atoms. The fourth-order valence-electron chi connectivity index (χ4n) is 2.27. The topological polar surface area (TPSA) is 106 Å². The Labute approximate surface area is 126 Å². The van der Waals surface area contributed by atoms with Crippen LogP contribution in [0.4, 0.5) is 0 Å². The molecule has 0 aliphatic heterocycles. The lowest BCUT2D eigenvalue weighted by Gasteiger charge is -2.27. The molecule has 1 heterocycles. The first kappa shape index (κ1) is 16.1. The van der Waals surface area contributed by atoms with E-state index < -0.39 is 25.6 Å². The van der Waals surface area contributed by atoms with Crippen LogP contribution in [-0.2, 0) is 15.4 Å². The van der Waals surface area contributed by atoms with Crippen molar-refractivity contribution in [2.75, 3.05) is 14.2 Å². The zero-order valence-electron chi connectivity index (χ0n) is 12.3. The molecule has 0 fully saturated rings. The highest BCUT2D eigenvalue weighted by atomic mass is 28.4. The highest BCUT2D eigenvalue weighted by molar-refractivity contribution is 6.81. The number of aromatic amines is 2. The SMILES string of the molecule is CO[Si](CCn1c(=O)[nH]c(=O)[nH]c1=O)(OC)c1ccccc1. The van der Waals surface area contributed by atoms with Gasteiger partial charge in [0.05, 0.1) is 0 Å². The van der Waals surface area contributed by atoms with E-state index in [-0.39, 0.29) is 6.54 Å². The highest BCUT2D eigenvalue weighted by Gasteiger charge is 2.38. The standard InChI is InChI=1S/C13H17N3O5Si/c1-20-22(21-2,10-6-4-3-5-7-10)9-8-16-12(18)14-11(17)15-13(16)19/h3-7H,8-9H2,1-2H3,(H2,14,15,17,18,19). The van der Waals surface area contributed by atoms with Crippen LogP contribution in [0, 0.1) is 0 Å². The molecule has 0 saturated carbocycles. The number of rotatable bonds is 6. The summed E-state index contributed by atoms with van der Waals surface area (Å²) in [6.45, 7) is 0.0771. The fourth-order valence-corrected chi connectivity index (χ4v) is 4.83. The number of benzene rings is 1. The van der Waals surface area contributed by atoms with Crippen LogP contribution in [0.5, 0.6) is 0 Å². The van der Waals surface area contributed by atoms with E-state index in [9.17, 15) is 14.4 Å². The summed E-state index contributed by atoms with van der Waals surface area (Å²) in [5, 5.41) is 0.897. The lowest BCUT2D eigenvalue weighted by Crippen LogP contribution is -2.54. The van der Waals surface area contributed by atoms with E-state index in [0.717, 1.165) is 9.75 Å². The third-order valence-corrected chi connectivity index (χ3v) is 6.88. The lowest BCUT2D eigenvalue weighted by atomic mass is 10.4. The van der Waals surface area contributed by atoms with Gasteiger partial charge in [-0.2, -0.15) is 0 Å². The molecule has 9 heteroatoms. The molecule has 2 rings (SSSR count). The van der Waals surface area contributed by atoms with E-state index in [0.29, 0.717) is 6.04 Å². The fraction of sp³-hybridized carbons (Fsp3) is 0.308. The molecule has 1 aromatic heterocycles. The lowest BCUT2D eigenvalue weighted by molar-refractivity contribution is 0.254. The molecule has 118 valence electrons. The molecule has 2 aromatic rings. The second kappa shape index (κ2) is 6.69. The maximum atomic E-state index is 11.7.